The van der Waals surface area contributed by atoms with Crippen molar-refractivity contribution in [2.75, 3.05) is 19.0 Å². The summed E-state index contributed by atoms with van der Waals surface area (Å²) in [5.41, 5.74) is 7.01. The minimum atomic E-state index is -0.616. The second kappa shape index (κ2) is 7.78. The second-order valence-electron chi connectivity index (χ2n) is 6.11. The number of primary amides is 1. The highest BCUT2D eigenvalue weighted by Gasteiger charge is 2.17. The number of amides is 2. The van der Waals surface area contributed by atoms with Crippen LogP contribution in [0.25, 0.3) is 10.8 Å². The molecule has 0 aliphatic heterocycles. The lowest BCUT2D eigenvalue weighted by Crippen LogP contribution is -2.21. The summed E-state index contributed by atoms with van der Waals surface area (Å²) in [6.07, 6.45) is 0. The molecule has 0 unspecified atom stereocenters. The number of carbonyl (C=O) groups is 2. The number of methoxy groups -OCH3 is 1. The summed E-state index contributed by atoms with van der Waals surface area (Å²) in [6.45, 7) is 1.61. The number of hydrogen-bond acceptors (Lipinski definition) is 4. The molecule has 0 heterocycles. The molecular weight excluding hydrogens is 344 g/mol. The van der Waals surface area contributed by atoms with Gasteiger partial charge < -0.3 is 20.5 Å². The maximum Gasteiger partial charge on any atom is 0.259 e. The molecule has 3 N–H and O–H groups in total. The Bertz CT molecular complexity index is 1010. The monoisotopic (exact) mass is 364 g/mol. The number of aryl methyl sites for hydroxylation is 1. The maximum atomic E-state index is 12.9. The Hall–Kier alpha value is -3.54. The van der Waals surface area contributed by atoms with Crippen molar-refractivity contribution >= 4 is 28.3 Å². The first-order valence-corrected chi connectivity index (χ1v) is 8.38. The van der Waals surface area contributed by atoms with Crippen LogP contribution in [-0.2, 0) is 4.79 Å². The third kappa shape index (κ3) is 4.17. The molecule has 3 aromatic rings. The number of hydrogen-bond donors (Lipinski definition) is 2. The predicted octanol–water partition coefficient (Wildman–Crippen LogP) is 3.27. The minimum Gasteiger partial charge on any atom is -0.495 e. The van der Waals surface area contributed by atoms with Gasteiger partial charge in [0.2, 0.25) is 0 Å². The van der Waals surface area contributed by atoms with E-state index >= 15 is 0 Å². The van der Waals surface area contributed by atoms with Crippen LogP contribution in [0, 0.1) is 6.92 Å². The van der Waals surface area contributed by atoms with E-state index < -0.39 is 5.91 Å². The molecule has 2 amide bonds. The van der Waals surface area contributed by atoms with Crippen molar-refractivity contribution < 1.29 is 19.1 Å². The minimum absolute atomic E-state index is 0.289. The summed E-state index contributed by atoms with van der Waals surface area (Å²) in [6, 6.07) is 16.5. The zero-order chi connectivity index (χ0) is 19.4. The molecule has 0 aromatic heterocycles. The molecule has 0 atom stereocenters. The molecular formula is C21H20N2O4. The van der Waals surface area contributed by atoms with E-state index in [4.69, 9.17) is 15.2 Å². The lowest BCUT2D eigenvalue weighted by atomic mass is 10.0. The number of carbonyl (C=O) groups excluding carboxylic acids is 2. The van der Waals surface area contributed by atoms with Gasteiger partial charge in [0.25, 0.3) is 11.8 Å². The van der Waals surface area contributed by atoms with E-state index in [2.05, 4.69) is 5.32 Å². The molecule has 0 bridgehead atoms. The van der Waals surface area contributed by atoms with Crippen LogP contribution in [0.3, 0.4) is 0 Å². The van der Waals surface area contributed by atoms with Gasteiger partial charge >= 0.3 is 0 Å². The molecule has 0 aliphatic carbocycles. The van der Waals surface area contributed by atoms with Gasteiger partial charge in [-0.15, -0.1) is 0 Å². The SMILES string of the molecule is COc1ccc(C)cc1NC(=O)c1cc2ccccc2cc1OCC(N)=O. The van der Waals surface area contributed by atoms with Crippen molar-refractivity contribution in [3.8, 4) is 11.5 Å². The normalized spacial score (nSPS) is 10.4. The van der Waals surface area contributed by atoms with E-state index in [1.807, 2.05) is 43.3 Å². The van der Waals surface area contributed by atoms with Crippen molar-refractivity contribution in [3.63, 3.8) is 0 Å². The molecule has 0 aliphatic rings. The smallest absolute Gasteiger partial charge is 0.259 e. The molecule has 3 rings (SSSR count). The Morgan fingerprint density at radius 2 is 1.70 bits per heavy atom. The summed E-state index contributed by atoms with van der Waals surface area (Å²) in [7, 11) is 1.54. The maximum absolute atomic E-state index is 12.9. The number of rotatable bonds is 6. The predicted molar refractivity (Wildman–Crippen MR) is 104 cm³/mol. The van der Waals surface area contributed by atoms with Crippen LogP contribution in [0.4, 0.5) is 5.69 Å². The third-order valence-corrected chi connectivity index (χ3v) is 4.07. The first-order valence-electron chi connectivity index (χ1n) is 8.38. The van der Waals surface area contributed by atoms with Gasteiger partial charge in [0.1, 0.15) is 11.5 Å². The zero-order valence-corrected chi connectivity index (χ0v) is 15.1. The number of anilines is 1. The van der Waals surface area contributed by atoms with Gasteiger partial charge in [-0.25, -0.2) is 0 Å². The fourth-order valence-electron chi connectivity index (χ4n) is 2.77. The average molecular weight is 364 g/mol. The Kier molecular flexibility index (Phi) is 5.26. The third-order valence-electron chi connectivity index (χ3n) is 4.07. The van der Waals surface area contributed by atoms with E-state index in [0.29, 0.717) is 17.0 Å². The van der Waals surface area contributed by atoms with E-state index in [0.717, 1.165) is 16.3 Å². The molecule has 0 saturated heterocycles. The standard InChI is InChI=1S/C21H20N2O4/c1-13-7-8-18(26-2)17(9-13)23-21(25)16-10-14-5-3-4-6-15(14)11-19(16)27-12-20(22)24/h3-11H,12H2,1-2H3,(H2,22,24)(H,23,25). The number of fused-ring (bicyclic) bond motifs is 1. The van der Waals surface area contributed by atoms with Gasteiger partial charge in [-0.2, -0.15) is 0 Å². The second-order valence-corrected chi connectivity index (χ2v) is 6.11. The molecule has 6 heteroatoms. The summed E-state index contributed by atoms with van der Waals surface area (Å²) in [5.74, 6) is -0.148. The van der Waals surface area contributed by atoms with Crippen LogP contribution in [0.2, 0.25) is 0 Å². The molecule has 138 valence electrons. The highest BCUT2D eigenvalue weighted by atomic mass is 16.5. The Balaban J connectivity index is 2.00. The number of nitrogens with two attached hydrogens (primary N) is 1. The topological polar surface area (TPSA) is 90.7 Å². The van der Waals surface area contributed by atoms with Gasteiger partial charge in [-0.1, -0.05) is 30.3 Å². The van der Waals surface area contributed by atoms with Crippen molar-refractivity contribution in [1.29, 1.82) is 0 Å². The van der Waals surface area contributed by atoms with Crippen LogP contribution >= 0.6 is 0 Å². The summed E-state index contributed by atoms with van der Waals surface area (Å²) in [4.78, 5) is 24.0. The molecule has 0 radical (unpaired) electrons. The van der Waals surface area contributed by atoms with Crippen molar-refractivity contribution in [2.24, 2.45) is 5.73 Å². The van der Waals surface area contributed by atoms with Gasteiger partial charge in [-0.3, -0.25) is 9.59 Å². The molecule has 6 nitrogen and oxygen atoms in total. The highest BCUT2D eigenvalue weighted by molar-refractivity contribution is 6.09. The summed E-state index contributed by atoms with van der Waals surface area (Å²) < 4.78 is 10.8. The lowest BCUT2D eigenvalue weighted by molar-refractivity contribution is -0.119. The van der Waals surface area contributed by atoms with Crippen LogP contribution in [0.5, 0.6) is 11.5 Å². The van der Waals surface area contributed by atoms with Gasteiger partial charge in [-0.05, 0) is 47.5 Å². The summed E-state index contributed by atoms with van der Waals surface area (Å²) >= 11 is 0. The molecule has 27 heavy (non-hydrogen) atoms. The molecule has 3 aromatic carbocycles. The Labute approximate surface area is 156 Å². The van der Waals surface area contributed by atoms with Crippen LogP contribution in [-0.4, -0.2) is 25.5 Å². The van der Waals surface area contributed by atoms with E-state index in [1.54, 1.807) is 18.2 Å². The van der Waals surface area contributed by atoms with E-state index in [-0.39, 0.29) is 18.3 Å². The first-order chi connectivity index (χ1) is 13.0. The van der Waals surface area contributed by atoms with Gasteiger partial charge in [0.15, 0.2) is 6.61 Å². The Morgan fingerprint density at radius 3 is 2.37 bits per heavy atom. The average Bonchev–Trinajstić information content (AvgIpc) is 2.65. The fraction of sp³-hybridized carbons (Fsp3) is 0.143. The number of nitrogens with one attached hydrogen (secondary N) is 1. The quantitative estimate of drug-likeness (QED) is 0.702. The Morgan fingerprint density at radius 1 is 1.00 bits per heavy atom. The van der Waals surface area contributed by atoms with Gasteiger partial charge in [0.05, 0.1) is 18.4 Å². The highest BCUT2D eigenvalue weighted by Crippen LogP contribution is 2.30. The fourth-order valence-corrected chi connectivity index (χ4v) is 2.77. The zero-order valence-electron chi connectivity index (χ0n) is 15.1. The summed E-state index contributed by atoms with van der Waals surface area (Å²) in [5, 5.41) is 4.62. The van der Waals surface area contributed by atoms with E-state index in [1.165, 1.54) is 7.11 Å². The molecule has 0 fully saturated rings. The van der Waals surface area contributed by atoms with Crippen molar-refractivity contribution in [1.82, 2.24) is 0 Å². The molecule has 0 saturated carbocycles. The number of ether oxygens (including phenoxy) is 2. The van der Waals surface area contributed by atoms with Crippen LogP contribution < -0.4 is 20.5 Å². The van der Waals surface area contributed by atoms with Crippen LogP contribution in [0.15, 0.2) is 54.6 Å². The number of benzene rings is 3. The lowest BCUT2D eigenvalue weighted by Gasteiger charge is -2.14. The van der Waals surface area contributed by atoms with Crippen LogP contribution in [0.1, 0.15) is 15.9 Å². The first kappa shape index (κ1) is 18.3. The van der Waals surface area contributed by atoms with Crippen molar-refractivity contribution in [2.45, 2.75) is 6.92 Å². The molecule has 0 spiro atoms. The van der Waals surface area contributed by atoms with Crippen molar-refractivity contribution in [3.05, 3.63) is 65.7 Å². The van der Waals surface area contributed by atoms with Gasteiger partial charge in [0, 0.05) is 0 Å². The van der Waals surface area contributed by atoms with E-state index in [9.17, 15) is 9.59 Å². The largest absolute Gasteiger partial charge is 0.495 e.